The van der Waals surface area contributed by atoms with Crippen LogP contribution in [-0.2, 0) is 14.6 Å². The summed E-state index contributed by atoms with van der Waals surface area (Å²) in [5.41, 5.74) is -0.466. The first-order chi connectivity index (χ1) is 10.1. The molecule has 1 saturated heterocycles. The van der Waals surface area contributed by atoms with Crippen molar-refractivity contribution in [3.63, 3.8) is 0 Å². The fourth-order valence-electron chi connectivity index (χ4n) is 2.45. The number of amides is 1. The Labute approximate surface area is 134 Å². The highest BCUT2D eigenvalue weighted by molar-refractivity contribution is 7.90. The van der Waals surface area contributed by atoms with Crippen molar-refractivity contribution in [2.75, 3.05) is 31.6 Å². The Morgan fingerprint density at radius 1 is 1.27 bits per heavy atom. The van der Waals surface area contributed by atoms with Gasteiger partial charge in [-0.15, -0.1) is 0 Å². The molecule has 1 N–H and O–H groups in total. The molecule has 1 amide bonds. The highest BCUT2D eigenvalue weighted by Gasteiger charge is 2.24. The van der Waals surface area contributed by atoms with Crippen LogP contribution in [0.3, 0.4) is 0 Å². The normalized spacial score (nSPS) is 20.5. The first kappa shape index (κ1) is 19.2. The topological polar surface area (TPSA) is 75.7 Å². The van der Waals surface area contributed by atoms with E-state index in [0.717, 1.165) is 25.8 Å². The molecule has 1 rings (SSSR count). The van der Waals surface area contributed by atoms with Crippen LogP contribution in [0, 0.1) is 0 Å². The third kappa shape index (κ3) is 8.58. The molecule has 0 aromatic carbocycles. The average molecular weight is 334 g/mol. The van der Waals surface area contributed by atoms with Gasteiger partial charge < -0.3 is 15.0 Å². The van der Waals surface area contributed by atoms with E-state index in [0.29, 0.717) is 25.6 Å². The maximum atomic E-state index is 12.1. The van der Waals surface area contributed by atoms with Crippen LogP contribution in [0.25, 0.3) is 0 Å². The zero-order valence-corrected chi connectivity index (χ0v) is 15.0. The predicted molar refractivity (Wildman–Crippen MR) is 87.8 cm³/mol. The molecule has 1 heterocycles. The molecule has 1 aliphatic heterocycles. The van der Waals surface area contributed by atoms with Crippen molar-refractivity contribution >= 4 is 15.9 Å². The van der Waals surface area contributed by atoms with Gasteiger partial charge >= 0.3 is 6.09 Å². The molecular formula is C15H30N2O4S. The van der Waals surface area contributed by atoms with E-state index in [9.17, 15) is 13.2 Å². The first-order valence-corrected chi connectivity index (χ1v) is 10.0. The fourth-order valence-corrected chi connectivity index (χ4v) is 3.12. The fraction of sp³-hybridized carbons (Fsp3) is 0.933. The number of carbonyl (C=O) groups is 1. The van der Waals surface area contributed by atoms with E-state index in [1.54, 1.807) is 4.90 Å². The number of rotatable bonds is 5. The summed E-state index contributed by atoms with van der Waals surface area (Å²) in [7, 11) is -2.88. The zero-order chi connectivity index (χ0) is 16.8. The van der Waals surface area contributed by atoms with Crippen LogP contribution < -0.4 is 5.32 Å². The predicted octanol–water partition coefficient (Wildman–Crippen LogP) is 1.80. The minimum Gasteiger partial charge on any atom is -0.444 e. The molecule has 22 heavy (non-hydrogen) atoms. The summed E-state index contributed by atoms with van der Waals surface area (Å²) in [5.74, 6) is 0.219. The summed E-state index contributed by atoms with van der Waals surface area (Å²) < 4.78 is 27.6. The number of ether oxygens (including phenoxy) is 1. The van der Waals surface area contributed by atoms with E-state index in [1.165, 1.54) is 6.26 Å². The molecule has 1 unspecified atom stereocenters. The van der Waals surface area contributed by atoms with E-state index in [2.05, 4.69) is 5.32 Å². The molecule has 1 atom stereocenters. The smallest absolute Gasteiger partial charge is 0.410 e. The van der Waals surface area contributed by atoms with Gasteiger partial charge in [-0.05, 0) is 53.0 Å². The van der Waals surface area contributed by atoms with Gasteiger partial charge in [0.05, 0.1) is 5.75 Å². The summed E-state index contributed by atoms with van der Waals surface area (Å²) in [6, 6.07) is 0.340. The van der Waals surface area contributed by atoms with Crippen molar-refractivity contribution in [2.45, 2.75) is 58.1 Å². The molecule has 0 saturated carbocycles. The van der Waals surface area contributed by atoms with Crippen molar-refractivity contribution in [3.05, 3.63) is 0 Å². The van der Waals surface area contributed by atoms with Gasteiger partial charge in [-0.3, -0.25) is 0 Å². The van der Waals surface area contributed by atoms with Gasteiger partial charge in [0.25, 0.3) is 0 Å². The molecule has 1 fully saturated rings. The molecule has 0 aromatic rings. The van der Waals surface area contributed by atoms with Gasteiger partial charge in [-0.25, -0.2) is 13.2 Å². The molecular weight excluding hydrogens is 304 g/mol. The van der Waals surface area contributed by atoms with E-state index in [1.807, 2.05) is 20.8 Å². The van der Waals surface area contributed by atoms with Gasteiger partial charge in [0.15, 0.2) is 0 Å². The van der Waals surface area contributed by atoms with Gasteiger partial charge in [0.2, 0.25) is 0 Å². The second kappa shape index (κ2) is 8.15. The number of nitrogens with one attached hydrogen (secondary N) is 1. The molecule has 6 nitrogen and oxygen atoms in total. The molecule has 130 valence electrons. The van der Waals surface area contributed by atoms with Crippen molar-refractivity contribution in [1.29, 1.82) is 0 Å². The SMILES string of the molecule is CC(C)(C)OC(=O)N1CCCC(NCCCS(C)(=O)=O)CC1. The summed E-state index contributed by atoms with van der Waals surface area (Å²) in [6.45, 7) is 7.71. The van der Waals surface area contributed by atoms with Crippen LogP contribution in [0.1, 0.15) is 46.5 Å². The Morgan fingerprint density at radius 2 is 1.95 bits per heavy atom. The first-order valence-electron chi connectivity index (χ1n) is 7.96. The molecule has 7 heteroatoms. The Hall–Kier alpha value is -0.820. The minimum absolute atomic E-state index is 0.219. The number of likely N-dealkylation sites (tertiary alicyclic amines) is 1. The Kier molecular flexibility index (Phi) is 7.12. The largest absolute Gasteiger partial charge is 0.444 e. The molecule has 1 aliphatic rings. The summed E-state index contributed by atoms with van der Waals surface area (Å²) in [4.78, 5) is 13.8. The lowest BCUT2D eigenvalue weighted by Crippen LogP contribution is -2.38. The zero-order valence-electron chi connectivity index (χ0n) is 14.2. The van der Waals surface area contributed by atoms with E-state index in [-0.39, 0.29) is 11.8 Å². The standard InChI is InChI=1S/C15H30N2O4S/c1-15(2,3)21-14(18)17-10-5-7-13(8-11-17)16-9-6-12-22(4,19)20/h13,16H,5-12H2,1-4H3. The summed E-state index contributed by atoms with van der Waals surface area (Å²) in [6.07, 6.45) is 4.45. The van der Waals surface area contributed by atoms with Gasteiger partial charge in [-0.2, -0.15) is 0 Å². The molecule has 0 spiro atoms. The van der Waals surface area contributed by atoms with Gasteiger partial charge in [0.1, 0.15) is 15.4 Å². The lowest BCUT2D eigenvalue weighted by Gasteiger charge is -2.26. The van der Waals surface area contributed by atoms with Crippen molar-refractivity contribution in [1.82, 2.24) is 10.2 Å². The molecule has 0 aliphatic carbocycles. The van der Waals surface area contributed by atoms with Crippen molar-refractivity contribution in [3.8, 4) is 0 Å². The van der Waals surface area contributed by atoms with Crippen LogP contribution in [0.15, 0.2) is 0 Å². The van der Waals surface area contributed by atoms with E-state index < -0.39 is 15.4 Å². The Balaban J connectivity index is 2.32. The van der Waals surface area contributed by atoms with Gasteiger partial charge in [-0.1, -0.05) is 0 Å². The van der Waals surface area contributed by atoms with Crippen molar-refractivity contribution in [2.24, 2.45) is 0 Å². The third-order valence-electron chi connectivity index (χ3n) is 3.50. The maximum Gasteiger partial charge on any atom is 0.410 e. The van der Waals surface area contributed by atoms with Crippen LogP contribution in [-0.4, -0.2) is 62.7 Å². The number of carbonyl (C=O) groups excluding carboxylic acids is 1. The third-order valence-corrected chi connectivity index (χ3v) is 4.53. The highest BCUT2D eigenvalue weighted by atomic mass is 32.2. The average Bonchev–Trinajstić information content (AvgIpc) is 2.57. The highest BCUT2D eigenvalue weighted by Crippen LogP contribution is 2.15. The van der Waals surface area contributed by atoms with Crippen molar-refractivity contribution < 1.29 is 17.9 Å². The molecule has 0 radical (unpaired) electrons. The number of hydrogen-bond donors (Lipinski definition) is 1. The second-order valence-electron chi connectivity index (χ2n) is 7.03. The van der Waals surface area contributed by atoms with Crippen LogP contribution in [0.4, 0.5) is 4.79 Å². The minimum atomic E-state index is -2.88. The van der Waals surface area contributed by atoms with E-state index >= 15 is 0 Å². The summed E-state index contributed by atoms with van der Waals surface area (Å²) >= 11 is 0. The van der Waals surface area contributed by atoms with Crippen LogP contribution >= 0.6 is 0 Å². The quantitative estimate of drug-likeness (QED) is 0.776. The van der Waals surface area contributed by atoms with E-state index in [4.69, 9.17) is 4.74 Å². The maximum absolute atomic E-state index is 12.1. The Bertz CT molecular complexity index is 457. The molecule has 0 bridgehead atoms. The molecule has 0 aromatic heterocycles. The lowest BCUT2D eigenvalue weighted by molar-refractivity contribution is 0.0256. The number of sulfone groups is 1. The summed E-state index contributed by atoms with van der Waals surface area (Å²) in [5, 5.41) is 3.40. The Morgan fingerprint density at radius 3 is 2.55 bits per heavy atom. The monoisotopic (exact) mass is 334 g/mol. The number of hydrogen-bond acceptors (Lipinski definition) is 5. The van der Waals surface area contributed by atoms with Gasteiger partial charge in [0, 0.05) is 25.4 Å². The number of nitrogens with zero attached hydrogens (tertiary/aromatic N) is 1. The second-order valence-corrected chi connectivity index (χ2v) is 9.29. The van der Waals surface area contributed by atoms with Crippen LogP contribution in [0.5, 0.6) is 0 Å². The van der Waals surface area contributed by atoms with Crippen LogP contribution in [0.2, 0.25) is 0 Å². The lowest BCUT2D eigenvalue weighted by atomic mass is 10.1.